The Bertz CT molecular complexity index is 1160. The first-order chi connectivity index (χ1) is 14.3. The summed E-state index contributed by atoms with van der Waals surface area (Å²) in [4.78, 5) is 18.2. The van der Waals surface area contributed by atoms with Gasteiger partial charge in [0.25, 0.3) is 15.9 Å². The summed E-state index contributed by atoms with van der Waals surface area (Å²) in [6.07, 6.45) is 2.01. The number of hydrogen-bond acceptors (Lipinski definition) is 5. The molecule has 1 unspecified atom stereocenters. The van der Waals surface area contributed by atoms with Crippen molar-refractivity contribution in [3.8, 4) is 0 Å². The van der Waals surface area contributed by atoms with Crippen LogP contribution in [0, 0.1) is 0 Å². The van der Waals surface area contributed by atoms with Crippen LogP contribution in [0.4, 0.5) is 5.69 Å². The van der Waals surface area contributed by atoms with Gasteiger partial charge in [-0.15, -0.1) is 4.40 Å². The minimum atomic E-state index is -3.40. The first-order valence-electron chi connectivity index (χ1n) is 9.82. The topological polar surface area (TPSA) is 70.0 Å². The molecule has 0 N–H and O–H groups in total. The lowest BCUT2D eigenvalue weighted by Crippen LogP contribution is -2.36. The number of hydrogen-bond donors (Lipinski definition) is 0. The van der Waals surface area contributed by atoms with E-state index in [4.69, 9.17) is 11.6 Å². The molecule has 0 radical (unpaired) electrons. The highest BCUT2D eigenvalue weighted by Crippen LogP contribution is 2.43. The number of thioether (sulfide) groups is 1. The van der Waals surface area contributed by atoms with Crippen molar-refractivity contribution in [2.45, 2.75) is 36.7 Å². The summed E-state index contributed by atoms with van der Waals surface area (Å²) in [6, 6.07) is 13.4. The molecule has 30 heavy (non-hydrogen) atoms. The van der Waals surface area contributed by atoms with Crippen molar-refractivity contribution >= 4 is 50.1 Å². The molecule has 1 aliphatic carbocycles. The normalized spacial score (nSPS) is 20.2. The molecule has 5 rings (SSSR count). The number of amidine groups is 1. The Kier molecular flexibility index (Phi) is 4.83. The average Bonchev–Trinajstić information content (AvgIpc) is 3.47. The lowest BCUT2D eigenvalue weighted by molar-refractivity contribution is 0.0673. The molecule has 0 bridgehead atoms. The van der Waals surface area contributed by atoms with Gasteiger partial charge in [0.1, 0.15) is 0 Å². The van der Waals surface area contributed by atoms with E-state index in [0.29, 0.717) is 22.3 Å². The molecule has 156 valence electrons. The van der Waals surface area contributed by atoms with E-state index in [0.717, 1.165) is 29.0 Å². The highest BCUT2D eigenvalue weighted by molar-refractivity contribution is 8.15. The molecule has 2 heterocycles. The largest absolute Gasteiger partial charge is 0.329 e. The second-order valence-electron chi connectivity index (χ2n) is 7.77. The number of halogens is 1. The van der Waals surface area contributed by atoms with E-state index in [1.165, 1.54) is 11.8 Å². The van der Waals surface area contributed by atoms with Gasteiger partial charge in [0.05, 0.1) is 17.5 Å². The maximum atomic E-state index is 13.5. The van der Waals surface area contributed by atoms with E-state index in [9.17, 15) is 13.2 Å². The number of sulfonamides is 1. The van der Waals surface area contributed by atoms with Crippen molar-refractivity contribution in [1.82, 2.24) is 4.90 Å². The van der Waals surface area contributed by atoms with Crippen LogP contribution in [0.15, 0.2) is 51.8 Å². The zero-order valence-electron chi connectivity index (χ0n) is 16.3. The van der Waals surface area contributed by atoms with Crippen LogP contribution in [0.5, 0.6) is 0 Å². The van der Waals surface area contributed by atoms with Gasteiger partial charge in [0, 0.05) is 28.1 Å². The van der Waals surface area contributed by atoms with Gasteiger partial charge in [-0.25, -0.2) is 8.42 Å². The molecule has 0 aromatic heterocycles. The molecule has 2 aromatic carbocycles. The second-order valence-corrected chi connectivity index (χ2v) is 11.0. The monoisotopic (exact) mass is 461 g/mol. The molecule has 0 saturated heterocycles. The number of benzene rings is 2. The smallest absolute Gasteiger partial charge is 0.257 e. The Morgan fingerprint density at radius 2 is 1.97 bits per heavy atom. The number of fused-ring (bicyclic) bond motifs is 3. The molecule has 6 nitrogen and oxygen atoms in total. The van der Waals surface area contributed by atoms with E-state index in [1.807, 2.05) is 59.2 Å². The van der Waals surface area contributed by atoms with Gasteiger partial charge in [0.15, 0.2) is 5.17 Å². The summed E-state index contributed by atoms with van der Waals surface area (Å²) in [5.41, 5.74) is 2.57. The van der Waals surface area contributed by atoms with Crippen molar-refractivity contribution < 1.29 is 13.2 Å². The summed E-state index contributed by atoms with van der Waals surface area (Å²) >= 11 is 7.33. The summed E-state index contributed by atoms with van der Waals surface area (Å²) in [6.45, 7) is 2.43. The van der Waals surface area contributed by atoms with Gasteiger partial charge in [-0.3, -0.25) is 4.79 Å². The van der Waals surface area contributed by atoms with E-state index >= 15 is 0 Å². The minimum Gasteiger partial charge on any atom is -0.329 e. The van der Waals surface area contributed by atoms with Crippen LogP contribution < -0.4 is 4.90 Å². The SMILES string of the molecule is CC(c1ccc(Cl)cc1)N(C(=O)c1ccc2c(c1)SC1=NS(=O)(=O)CCN12)C1CC1. The Balaban J connectivity index is 1.44. The maximum Gasteiger partial charge on any atom is 0.257 e. The van der Waals surface area contributed by atoms with Gasteiger partial charge in [0.2, 0.25) is 0 Å². The molecular weight excluding hydrogens is 442 g/mol. The van der Waals surface area contributed by atoms with Crippen LogP contribution in [-0.4, -0.2) is 42.7 Å². The van der Waals surface area contributed by atoms with Gasteiger partial charge in [-0.2, -0.15) is 0 Å². The van der Waals surface area contributed by atoms with Crippen molar-refractivity contribution in [3.05, 3.63) is 58.6 Å². The predicted octanol–water partition coefficient (Wildman–Crippen LogP) is 4.32. The molecule has 1 atom stereocenters. The van der Waals surface area contributed by atoms with Crippen LogP contribution in [0.25, 0.3) is 0 Å². The molecule has 0 spiro atoms. The van der Waals surface area contributed by atoms with Crippen LogP contribution in [-0.2, 0) is 10.0 Å². The number of amides is 1. The zero-order valence-corrected chi connectivity index (χ0v) is 18.7. The third-order valence-corrected chi connectivity index (χ3v) is 8.22. The Labute approximate surface area is 185 Å². The Morgan fingerprint density at radius 3 is 2.67 bits per heavy atom. The van der Waals surface area contributed by atoms with Crippen molar-refractivity contribution in [1.29, 1.82) is 0 Å². The van der Waals surface area contributed by atoms with Crippen LogP contribution in [0.1, 0.15) is 41.7 Å². The van der Waals surface area contributed by atoms with Gasteiger partial charge in [-0.1, -0.05) is 23.7 Å². The molecule has 1 fully saturated rings. The van der Waals surface area contributed by atoms with Crippen molar-refractivity contribution in [3.63, 3.8) is 0 Å². The fourth-order valence-corrected chi connectivity index (χ4v) is 6.35. The molecule has 3 aliphatic rings. The molecule has 1 amide bonds. The quantitative estimate of drug-likeness (QED) is 0.678. The number of rotatable bonds is 4. The average molecular weight is 462 g/mol. The zero-order chi connectivity index (χ0) is 21.0. The van der Waals surface area contributed by atoms with Crippen LogP contribution >= 0.6 is 23.4 Å². The van der Waals surface area contributed by atoms with Crippen molar-refractivity contribution in [2.75, 3.05) is 17.2 Å². The maximum absolute atomic E-state index is 13.5. The van der Waals surface area contributed by atoms with Gasteiger partial charge < -0.3 is 9.80 Å². The third kappa shape index (κ3) is 3.61. The number of carbonyl (C=O) groups is 1. The summed E-state index contributed by atoms with van der Waals surface area (Å²) in [5, 5.41) is 1.14. The van der Waals surface area contributed by atoms with Crippen molar-refractivity contribution in [2.24, 2.45) is 4.40 Å². The third-order valence-electron chi connectivity index (χ3n) is 5.66. The molecule has 2 aromatic rings. The highest BCUT2D eigenvalue weighted by Gasteiger charge is 2.38. The lowest BCUT2D eigenvalue weighted by atomic mass is 10.0. The highest BCUT2D eigenvalue weighted by atomic mass is 35.5. The summed E-state index contributed by atoms with van der Waals surface area (Å²) in [7, 11) is -3.40. The summed E-state index contributed by atoms with van der Waals surface area (Å²) in [5.74, 6) is -0.00611. The van der Waals surface area contributed by atoms with E-state index in [-0.39, 0.29) is 23.7 Å². The standard InChI is InChI=1S/C21H20ClN3O3S2/c1-13(14-2-5-16(22)6-3-14)25(17-7-8-17)20(26)15-4-9-18-19(12-15)29-21-23-30(27,28)11-10-24(18)21/h2-6,9,12-13,17H,7-8,10-11H2,1H3. The molecular formula is C21H20ClN3O3S2. The lowest BCUT2D eigenvalue weighted by Gasteiger charge is -2.30. The number of anilines is 1. The first kappa shape index (κ1) is 19.9. The molecule has 9 heteroatoms. The predicted molar refractivity (Wildman–Crippen MR) is 120 cm³/mol. The van der Waals surface area contributed by atoms with E-state index in [1.54, 1.807) is 0 Å². The Morgan fingerprint density at radius 1 is 1.23 bits per heavy atom. The second kappa shape index (κ2) is 7.28. The fourth-order valence-electron chi connectivity index (χ4n) is 3.93. The fraction of sp³-hybridized carbons (Fsp3) is 0.333. The molecule has 1 saturated carbocycles. The minimum absolute atomic E-state index is 0.00520. The van der Waals surface area contributed by atoms with Crippen LogP contribution in [0.3, 0.4) is 0 Å². The summed E-state index contributed by atoms with van der Waals surface area (Å²) < 4.78 is 27.5. The number of nitrogens with zero attached hydrogens (tertiary/aromatic N) is 3. The van der Waals surface area contributed by atoms with Gasteiger partial charge in [-0.05, 0) is 67.4 Å². The van der Waals surface area contributed by atoms with E-state index < -0.39 is 10.0 Å². The van der Waals surface area contributed by atoms with Crippen LogP contribution in [0.2, 0.25) is 5.02 Å². The first-order valence-corrected chi connectivity index (χ1v) is 12.6. The molecule has 2 aliphatic heterocycles. The van der Waals surface area contributed by atoms with Gasteiger partial charge >= 0.3 is 0 Å². The van der Waals surface area contributed by atoms with E-state index in [2.05, 4.69) is 4.40 Å². The number of carbonyl (C=O) groups excluding carboxylic acids is 1. The Hall–Kier alpha value is -2.03.